The Morgan fingerprint density at radius 1 is 1.43 bits per heavy atom. The van der Waals surface area contributed by atoms with Gasteiger partial charge in [-0.25, -0.2) is 0 Å². The molecule has 0 bridgehead atoms. The Morgan fingerprint density at radius 2 is 2.29 bits per heavy atom. The molecule has 1 atom stereocenters. The van der Waals surface area contributed by atoms with Crippen LogP contribution in [0, 0.1) is 11.8 Å². The van der Waals surface area contributed by atoms with Crippen LogP contribution < -0.4 is 10.2 Å². The summed E-state index contributed by atoms with van der Waals surface area (Å²) in [5.41, 5.74) is 0.812. The number of fused-ring (bicyclic) bond motifs is 1. The Morgan fingerprint density at radius 3 is 3.00 bits per heavy atom. The second kappa shape index (κ2) is 5.87. The molecule has 0 radical (unpaired) electrons. The van der Waals surface area contributed by atoms with Gasteiger partial charge in [0.1, 0.15) is 5.82 Å². The molecule has 0 spiro atoms. The fourth-order valence-corrected chi connectivity index (χ4v) is 2.90. The van der Waals surface area contributed by atoms with Gasteiger partial charge in [0, 0.05) is 19.6 Å². The Kier molecular flexibility index (Phi) is 3.94. The van der Waals surface area contributed by atoms with Crippen molar-refractivity contribution in [2.75, 3.05) is 29.9 Å². The van der Waals surface area contributed by atoms with Gasteiger partial charge >= 0.3 is 0 Å². The molecule has 3 heterocycles. The van der Waals surface area contributed by atoms with E-state index in [1.807, 2.05) is 6.20 Å². The van der Waals surface area contributed by atoms with Crippen LogP contribution in [-0.4, -0.2) is 39.8 Å². The molecule has 1 fully saturated rings. The molecule has 1 aliphatic rings. The first-order valence-electron chi connectivity index (χ1n) is 7.89. The Bertz CT molecular complexity index is 605. The summed E-state index contributed by atoms with van der Waals surface area (Å²) in [6, 6.07) is 0. The second-order valence-electron chi connectivity index (χ2n) is 6.17. The monoisotopic (exact) mass is 288 g/mol. The van der Waals surface area contributed by atoms with Gasteiger partial charge in [-0.05, 0) is 24.7 Å². The van der Waals surface area contributed by atoms with Crippen molar-refractivity contribution in [1.29, 1.82) is 0 Å². The normalized spacial score (nSPS) is 18.9. The number of aromatic amines is 1. The molecule has 114 valence electrons. The summed E-state index contributed by atoms with van der Waals surface area (Å²) in [5, 5.41) is 11.4. The van der Waals surface area contributed by atoms with Crippen LogP contribution in [0.4, 0.5) is 11.8 Å². The van der Waals surface area contributed by atoms with Crippen LogP contribution in [0.2, 0.25) is 0 Å². The molecule has 0 aromatic carbocycles. The van der Waals surface area contributed by atoms with Crippen molar-refractivity contribution in [3.8, 4) is 0 Å². The van der Waals surface area contributed by atoms with Gasteiger partial charge < -0.3 is 10.2 Å². The Hall–Kier alpha value is -1.85. The topological polar surface area (TPSA) is 69.7 Å². The predicted octanol–water partition coefficient (Wildman–Crippen LogP) is 2.66. The number of nitrogens with zero attached hydrogens (tertiary/aromatic N) is 4. The van der Waals surface area contributed by atoms with Crippen LogP contribution >= 0.6 is 0 Å². The highest BCUT2D eigenvalue weighted by Crippen LogP contribution is 2.31. The van der Waals surface area contributed by atoms with Crippen molar-refractivity contribution in [3.63, 3.8) is 0 Å². The first-order valence-corrected chi connectivity index (χ1v) is 7.89. The number of rotatable bonds is 5. The molecular weight excluding hydrogens is 264 g/mol. The molecule has 2 N–H and O–H groups in total. The van der Waals surface area contributed by atoms with Gasteiger partial charge in [0.25, 0.3) is 0 Å². The van der Waals surface area contributed by atoms with E-state index in [9.17, 15) is 0 Å². The molecule has 21 heavy (non-hydrogen) atoms. The SMILES string of the molecule is CCCNc1nc(N2CCC(C(C)C)C2)c2cn[nH]c2n1. The predicted molar refractivity (Wildman–Crippen MR) is 85.6 cm³/mol. The lowest BCUT2D eigenvalue weighted by atomic mass is 9.95. The number of nitrogens with one attached hydrogen (secondary N) is 2. The van der Waals surface area contributed by atoms with Gasteiger partial charge in [0.2, 0.25) is 5.95 Å². The zero-order valence-corrected chi connectivity index (χ0v) is 13.1. The van der Waals surface area contributed by atoms with Crippen molar-refractivity contribution in [2.45, 2.75) is 33.6 Å². The van der Waals surface area contributed by atoms with Crippen LogP contribution in [0.3, 0.4) is 0 Å². The van der Waals surface area contributed by atoms with Crippen LogP contribution in [-0.2, 0) is 0 Å². The van der Waals surface area contributed by atoms with E-state index in [0.29, 0.717) is 5.95 Å². The number of anilines is 2. The molecule has 1 unspecified atom stereocenters. The molecule has 3 rings (SSSR count). The second-order valence-corrected chi connectivity index (χ2v) is 6.17. The number of H-pyrrole nitrogens is 1. The van der Waals surface area contributed by atoms with Crippen LogP contribution in [0.15, 0.2) is 6.20 Å². The fraction of sp³-hybridized carbons (Fsp3) is 0.667. The minimum absolute atomic E-state index is 0.691. The lowest BCUT2D eigenvalue weighted by Crippen LogP contribution is -2.23. The van der Waals surface area contributed by atoms with E-state index in [1.54, 1.807) is 0 Å². The van der Waals surface area contributed by atoms with Crippen molar-refractivity contribution < 1.29 is 0 Å². The largest absolute Gasteiger partial charge is 0.356 e. The van der Waals surface area contributed by atoms with E-state index in [2.05, 4.69) is 46.2 Å². The lowest BCUT2D eigenvalue weighted by molar-refractivity contribution is 0.422. The quantitative estimate of drug-likeness (QED) is 0.885. The van der Waals surface area contributed by atoms with Crippen LogP contribution in [0.25, 0.3) is 11.0 Å². The average molecular weight is 288 g/mol. The van der Waals surface area contributed by atoms with E-state index in [-0.39, 0.29) is 0 Å². The standard InChI is InChI=1S/C15H24N6/c1-4-6-16-15-18-13-12(8-17-20-13)14(19-15)21-7-5-11(9-21)10(2)3/h8,10-11H,4-7,9H2,1-3H3,(H2,16,17,18,19,20). The van der Waals surface area contributed by atoms with Gasteiger partial charge in [-0.2, -0.15) is 15.1 Å². The van der Waals surface area contributed by atoms with E-state index in [1.165, 1.54) is 6.42 Å². The molecule has 6 nitrogen and oxygen atoms in total. The fourth-order valence-electron chi connectivity index (χ4n) is 2.90. The van der Waals surface area contributed by atoms with Crippen LogP contribution in [0.5, 0.6) is 0 Å². The van der Waals surface area contributed by atoms with Crippen molar-refractivity contribution >= 4 is 22.8 Å². The Labute approximate surface area is 125 Å². The summed E-state index contributed by atoms with van der Waals surface area (Å²) in [5.74, 6) is 3.16. The summed E-state index contributed by atoms with van der Waals surface area (Å²) in [6.45, 7) is 9.76. The third-order valence-corrected chi connectivity index (χ3v) is 4.29. The highest BCUT2D eigenvalue weighted by molar-refractivity contribution is 5.87. The van der Waals surface area contributed by atoms with E-state index >= 15 is 0 Å². The molecule has 0 saturated carbocycles. The van der Waals surface area contributed by atoms with E-state index < -0.39 is 0 Å². The summed E-state index contributed by atoms with van der Waals surface area (Å²) in [6.07, 6.45) is 4.12. The molecule has 1 saturated heterocycles. The maximum atomic E-state index is 4.73. The first kappa shape index (κ1) is 14.1. The van der Waals surface area contributed by atoms with E-state index in [4.69, 9.17) is 4.98 Å². The van der Waals surface area contributed by atoms with Gasteiger partial charge in [-0.15, -0.1) is 0 Å². The summed E-state index contributed by atoms with van der Waals surface area (Å²) >= 11 is 0. The summed E-state index contributed by atoms with van der Waals surface area (Å²) in [7, 11) is 0. The first-order chi connectivity index (χ1) is 10.2. The Balaban J connectivity index is 1.91. The third kappa shape index (κ3) is 2.80. The van der Waals surface area contributed by atoms with E-state index in [0.717, 1.165) is 54.7 Å². The molecule has 2 aromatic rings. The lowest BCUT2D eigenvalue weighted by Gasteiger charge is -2.20. The van der Waals surface area contributed by atoms with Gasteiger partial charge in [0.05, 0.1) is 11.6 Å². The summed E-state index contributed by atoms with van der Waals surface area (Å²) < 4.78 is 0. The van der Waals surface area contributed by atoms with Crippen LogP contribution in [0.1, 0.15) is 33.6 Å². The minimum atomic E-state index is 0.691. The van der Waals surface area contributed by atoms with Gasteiger partial charge in [0.15, 0.2) is 5.65 Å². The molecule has 0 aliphatic carbocycles. The summed E-state index contributed by atoms with van der Waals surface area (Å²) in [4.78, 5) is 11.6. The molecule has 2 aromatic heterocycles. The zero-order valence-electron chi connectivity index (χ0n) is 13.1. The molecule has 1 aliphatic heterocycles. The van der Waals surface area contributed by atoms with Gasteiger partial charge in [-0.3, -0.25) is 5.10 Å². The number of hydrogen-bond acceptors (Lipinski definition) is 5. The molecular formula is C15H24N6. The zero-order chi connectivity index (χ0) is 14.8. The minimum Gasteiger partial charge on any atom is -0.356 e. The van der Waals surface area contributed by atoms with Crippen molar-refractivity contribution in [1.82, 2.24) is 20.2 Å². The molecule has 6 heteroatoms. The highest BCUT2D eigenvalue weighted by Gasteiger charge is 2.27. The average Bonchev–Trinajstić information content (AvgIpc) is 3.12. The third-order valence-electron chi connectivity index (χ3n) is 4.29. The van der Waals surface area contributed by atoms with Crippen molar-refractivity contribution in [2.24, 2.45) is 11.8 Å². The highest BCUT2D eigenvalue weighted by atomic mass is 15.3. The smallest absolute Gasteiger partial charge is 0.226 e. The molecule has 0 amide bonds. The maximum absolute atomic E-state index is 4.73. The number of hydrogen-bond donors (Lipinski definition) is 2. The number of aromatic nitrogens is 4. The van der Waals surface area contributed by atoms with Crippen molar-refractivity contribution in [3.05, 3.63) is 6.20 Å². The van der Waals surface area contributed by atoms with Gasteiger partial charge in [-0.1, -0.05) is 20.8 Å². The maximum Gasteiger partial charge on any atom is 0.226 e.